The number of rotatable bonds is 5. The van der Waals surface area contributed by atoms with Gasteiger partial charge in [0.2, 0.25) is 5.91 Å². The van der Waals surface area contributed by atoms with Gasteiger partial charge in [0, 0.05) is 25.7 Å². The lowest BCUT2D eigenvalue weighted by Gasteiger charge is -2.38. The van der Waals surface area contributed by atoms with Gasteiger partial charge in [0.15, 0.2) is 0 Å². The number of hydrogen-bond acceptors (Lipinski definition) is 4. The van der Waals surface area contributed by atoms with E-state index in [4.69, 9.17) is 0 Å². The zero-order valence-electron chi connectivity index (χ0n) is 16.6. The Morgan fingerprint density at radius 1 is 1.00 bits per heavy atom. The molecule has 0 unspecified atom stereocenters. The highest BCUT2D eigenvalue weighted by molar-refractivity contribution is 6.22. The molecule has 6 heteroatoms. The molecule has 3 amide bonds. The summed E-state index contributed by atoms with van der Waals surface area (Å²) in [6, 6.07) is 17.3. The van der Waals surface area contributed by atoms with Gasteiger partial charge in [-0.3, -0.25) is 24.2 Å². The molecular formula is C23H25N3O3. The maximum Gasteiger partial charge on any atom is 0.262 e. The first-order chi connectivity index (χ1) is 14.0. The van der Waals surface area contributed by atoms with Crippen LogP contribution in [0, 0.1) is 0 Å². The molecule has 1 fully saturated rings. The lowest BCUT2D eigenvalue weighted by Crippen LogP contribution is -2.51. The van der Waals surface area contributed by atoms with Crippen LogP contribution in [0.1, 0.15) is 39.1 Å². The van der Waals surface area contributed by atoms with Crippen LogP contribution in [-0.2, 0) is 11.3 Å². The second-order valence-corrected chi connectivity index (χ2v) is 7.78. The Balaban J connectivity index is 1.38. The average Bonchev–Trinajstić information content (AvgIpc) is 2.99. The SMILES string of the molecule is CN(Cc1ccccc1)[C@H]1CCCN(C(=O)CN2C(=O)c3ccccc3C2=O)C1. The number of likely N-dealkylation sites (tertiary alicyclic amines) is 1. The number of imide groups is 1. The van der Waals surface area contributed by atoms with Crippen molar-refractivity contribution in [3.05, 3.63) is 71.3 Å². The van der Waals surface area contributed by atoms with Gasteiger partial charge in [0.05, 0.1) is 11.1 Å². The van der Waals surface area contributed by atoms with E-state index in [0.29, 0.717) is 24.2 Å². The van der Waals surface area contributed by atoms with E-state index in [2.05, 4.69) is 24.1 Å². The highest BCUT2D eigenvalue weighted by Gasteiger charge is 2.37. The van der Waals surface area contributed by atoms with Crippen LogP contribution < -0.4 is 0 Å². The Morgan fingerprint density at radius 2 is 1.62 bits per heavy atom. The first-order valence-corrected chi connectivity index (χ1v) is 10.0. The second kappa shape index (κ2) is 8.17. The number of hydrogen-bond donors (Lipinski definition) is 0. The number of piperidine rings is 1. The number of amides is 3. The Kier molecular flexibility index (Phi) is 5.45. The van der Waals surface area contributed by atoms with Crippen molar-refractivity contribution in [2.24, 2.45) is 0 Å². The van der Waals surface area contributed by atoms with Crippen LogP contribution in [-0.4, -0.2) is 65.1 Å². The summed E-state index contributed by atoms with van der Waals surface area (Å²) in [5.74, 6) is -0.931. The van der Waals surface area contributed by atoms with Gasteiger partial charge in [-0.25, -0.2) is 0 Å². The lowest BCUT2D eigenvalue weighted by atomic mass is 10.0. The molecule has 6 nitrogen and oxygen atoms in total. The molecule has 29 heavy (non-hydrogen) atoms. The summed E-state index contributed by atoms with van der Waals surface area (Å²) in [6.45, 7) is 1.91. The Bertz CT molecular complexity index is 893. The summed E-state index contributed by atoms with van der Waals surface area (Å²) in [6.07, 6.45) is 1.94. The molecule has 1 saturated heterocycles. The normalized spacial score (nSPS) is 19.0. The van der Waals surface area contributed by atoms with Crippen molar-refractivity contribution in [1.82, 2.24) is 14.7 Å². The fourth-order valence-electron chi connectivity index (χ4n) is 4.16. The molecule has 1 atom stereocenters. The van der Waals surface area contributed by atoms with Crippen LogP contribution in [0.5, 0.6) is 0 Å². The van der Waals surface area contributed by atoms with E-state index in [1.165, 1.54) is 5.56 Å². The minimum atomic E-state index is -0.381. The summed E-state index contributed by atoms with van der Waals surface area (Å²) >= 11 is 0. The number of nitrogens with zero attached hydrogens (tertiary/aromatic N) is 3. The Hall–Kier alpha value is -2.99. The standard InChI is InChI=1S/C23H25N3O3/c1-24(14-17-8-3-2-4-9-17)18-10-7-13-25(15-18)21(27)16-26-22(28)19-11-5-6-12-20(19)23(26)29/h2-6,8-9,11-12,18H,7,10,13-16H2,1H3/t18-/m0/s1. The van der Waals surface area contributed by atoms with Gasteiger partial charge in [0.1, 0.15) is 6.54 Å². The van der Waals surface area contributed by atoms with E-state index in [1.54, 1.807) is 29.2 Å². The first-order valence-electron chi connectivity index (χ1n) is 10.0. The minimum Gasteiger partial charge on any atom is -0.340 e. The molecule has 0 radical (unpaired) electrons. The molecule has 0 aromatic heterocycles. The predicted octanol–water partition coefficient (Wildman–Crippen LogP) is 2.41. The Morgan fingerprint density at radius 3 is 2.28 bits per heavy atom. The molecule has 150 valence electrons. The van der Waals surface area contributed by atoms with Gasteiger partial charge in [0.25, 0.3) is 11.8 Å². The van der Waals surface area contributed by atoms with E-state index >= 15 is 0 Å². The van der Waals surface area contributed by atoms with Crippen molar-refractivity contribution >= 4 is 17.7 Å². The maximum atomic E-state index is 12.9. The van der Waals surface area contributed by atoms with Crippen LogP contribution in [0.25, 0.3) is 0 Å². The first kappa shape index (κ1) is 19.3. The van der Waals surface area contributed by atoms with Crippen LogP contribution in [0.4, 0.5) is 0 Å². The highest BCUT2D eigenvalue weighted by atomic mass is 16.2. The fraction of sp³-hybridized carbons (Fsp3) is 0.348. The molecule has 2 aliphatic heterocycles. The maximum absolute atomic E-state index is 12.9. The van der Waals surface area contributed by atoms with Crippen LogP contribution in [0.2, 0.25) is 0 Å². The zero-order valence-corrected chi connectivity index (χ0v) is 16.6. The molecule has 0 N–H and O–H groups in total. The molecule has 2 aromatic rings. The number of carbonyl (C=O) groups is 3. The Labute approximate surface area is 170 Å². The average molecular weight is 391 g/mol. The fourth-order valence-corrected chi connectivity index (χ4v) is 4.16. The molecule has 4 rings (SSSR count). The van der Waals surface area contributed by atoms with Crippen molar-refractivity contribution in [2.75, 3.05) is 26.7 Å². The molecule has 0 bridgehead atoms. The zero-order chi connectivity index (χ0) is 20.4. The van der Waals surface area contributed by atoms with Gasteiger partial charge in [-0.1, -0.05) is 42.5 Å². The van der Waals surface area contributed by atoms with Gasteiger partial charge in [-0.05, 0) is 37.6 Å². The van der Waals surface area contributed by atoms with Crippen molar-refractivity contribution in [1.29, 1.82) is 0 Å². The summed E-state index contributed by atoms with van der Waals surface area (Å²) < 4.78 is 0. The van der Waals surface area contributed by atoms with E-state index in [9.17, 15) is 14.4 Å². The quantitative estimate of drug-likeness (QED) is 0.735. The third kappa shape index (κ3) is 3.93. The second-order valence-electron chi connectivity index (χ2n) is 7.78. The smallest absolute Gasteiger partial charge is 0.262 e. The number of carbonyl (C=O) groups excluding carboxylic acids is 3. The van der Waals surface area contributed by atoms with Gasteiger partial charge >= 0.3 is 0 Å². The van der Waals surface area contributed by atoms with E-state index in [1.807, 2.05) is 18.2 Å². The predicted molar refractivity (Wildman–Crippen MR) is 109 cm³/mol. The van der Waals surface area contributed by atoms with Crippen molar-refractivity contribution < 1.29 is 14.4 Å². The van der Waals surface area contributed by atoms with E-state index in [0.717, 1.165) is 24.3 Å². The van der Waals surface area contributed by atoms with Crippen LogP contribution in [0.15, 0.2) is 54.6 Å². The number of likely N-dealkylation sites (N-methyl/N-ethyl adjacent to an activating group) is 1. The lowest BCUT2D eigenvalue weighted by molar-refractivity contribution is -0.133. The highest BCUT2D eigenvalue weighted by Crippen LogP contribution is 2.23. The summed E-state index contributed by atoms with van der Waals surface area (Å²) in [5.41, 5.74) is 2.00. The van der Waals surface area contributed by atoms with E-state index in [-0.39, 0.29) is 30.3 Å². The minimum absolute atomic E-state index is 0.169. The molecule has 2 heterocycles. The molecule has 0 spiro atoms. The number of benzene rings is 2. The van der Waals surface area contributed by atoms with Crippen molar-refractivity contribution in [3.63, 3.8) is 0 Å². The monoisotopic (exact) mass is 391 g/mol. The molecule has 2 aromatic carbocycles. The van der Waals surface area contributed by atoms with Crippen LogP contribution >= 0.6 is 0 Å². The summed E-state index contributed by atoms with van der Waals surface area (Å²) in [4.78, 5) is 43.1. The van der Waals surface area contributed by atoms with Gasteiger partial charge in [-0.2, -0.15) is 0 Å². The summed E-state index contributed by atoms with van der Waals surface area (Å²) in [5, 5.41) is 0. The van der Waals surface area contributed by atoms with Crippen molar-refractivity contribution in [2.45, 2.75) is 25.4 Å². The van der Waals surface area contributed by atoms with Gasteiger partial charge in [-0.15, -0.1) is 0 Å². The topological polar surface area (TPSA) is 60.9 Å². The molecule has 2 aliphatic rings. The largest absolute Gasteiger partial charge is 0.340 e. The molecule has 0 aliphatic carbocycles. The molecular weight excluding hydrogens is 366 g/mol. The molecule has 0 saturated carbocycles. The van der Waals surface area contributed by atoms with Crippen LogP contribution in [0.3, 0.4) is 0 Å². The third-order valence-electron chi connectivity index (χ3n) is 5.82. The van der Waals surface area contributed by atoms with Crippen molar-refractivity contribution in [3.8, 4) is 0 Å². The third-order valence-corrected chi connectivity index (χ3v) is 5.82. The van der Waals surface area contributed by atoms with Gasteiger partial charge < -0.3 is 4.90 Å². The number of fused-ring (bicyclic) bond motifs is 1. The summed E-state index contributed by atoms with van der Waals surface area (Å²) in [7, 11) is 2.08. The van der Waals surface area contributed by atoms with E-state index < -0.39 is 0 Å².